The van der Waals surface area contributed by atoms with Crippen molar-refractivity contribution in [3.05, 3.63) is 73.1 Å². The van der Waals surface area contributed by atoms with Crippen LogP contribution in [-0.4, -0.2) is 35.9 Å². The van der Waals surface area contributed by atoms with Gasteiger partial charge in [-0.1, -0.05) is 74.0 Å². The molecule has 174 valence electrons. The number of aryl methyl sites for hydroxylation is 1. The van der Waals surface area contributed by atoms with Crippen LogP contribution in [0.4, 0.5) is 5.82 Å². The number of fused-ring (bicyclic) bond motifs is 5. The van der Waals surface area contributed by atoms with Crippen molar-refractivity contribution in [2.24, 2.45) is 0 Å². The van der Waals surface area contributed by atoms with E-state index in [1.165, 1.54) is 0 Å². The molecule has 4 aromatic heterocycles. The molecular weight excluding hydrogens is 434 g/mol. The summed E-state index contributed by atoms with van der Waals surface area (Å²) >= 11 is 0. The molecule has 7 nitrogen and oxygen atoms in total. The minimum atomic E-state index is 0.751. The summed E-state index contributed by atoms with van der Waals surface area (Å²) in [6.07, 6.45) is 5.98. The molecule has 0 bridgehead atoms. The van der Waals surface area contributed by atoms with Crippen LogP contribution >= 0.6 is 0 Å². The van der Waals surface area contributed by atoms with Crippen molar-refractivity contribution in [3.8, 4) is 22.4 Å². The Morgan fingerprint density at radius 3 is 2.29 bits per heavy atom. The number of nitrogens with zero attached hydrogens (tertiary/aromatic N) is 6. The molecule has 2 aromatic carbocycles. The minimum absolute atomic E-state index is 0.751. The maximum absolute atomic E-state index is 5.17. The molecule has 0 aliphatic rings. The number of benzene rings is 2. The summed E-state index contributed by atoms with van der Waals surface area (Å²) in [6.45, 7) is 5.87. The highest BCUT2D eigenvalue weighted by Gasteiger charge is 2.23. The van der Waals surface area contributed by atoms with Crippen LogP contribution in [0, 0.1) is 0 Å². The van der Waals surface area contributed by atoms with Crippen LogP contribution in [0.5, 0.6) is 0 Å². The molecule has 6 aromatic rings. The van der Waals surface area contributed by atoms with Gasteiger partial charge in [-0.3, -0.25) is 0 Å². The molecule has 0 amide bonds. The van der Waals surface area contributed by atoms with Crippen LogP contribution in [-0.2, 0) is 6.54 Å². The number of unbranched alkanes of at least 4 members (excludes halogenated alkanes) is 1. The lowest BCUT2D eigenvalue weighted by Crippen LogP contribution is -2.07. The highest BCUT2D eigenvalue weighted by molar-refractivity contribution is 6.08. The molecule has 0 saturated carbocycles. The zero-order valence-electron chi connectivity index (χ0n) is 19.9. The average Bonchev–Trinajstić information content (AvgIpc) is 3.51. The molecule has 6 rings (SSSR count). The number of anilines is 1. The van der Waals surface area contributed by atoms with Gasteiger partial charge in [0.2, 0.25) is 0 Å². The van der Waals surface area contributed by atoms with Crippen molar-refractivity contribution in [1.82, 2.24) is 29.4 Å². The quantitative estimate of drug-likeness (QED) is 0.287. The maximum atomic E-state index is 5.17. The van der Waals surface area contributed by atoms with E-state index in [4.69, 9.17) is 15.1 Å². The van der Waals surface area contributed by atoms with E-state index in [0.717, 1.165) is 81.7 Å². The fourth-order valence-electron chi connectivity index (χ4n) is 4.67. The third-order valence-electron chi connectivity index (χ3n) is 6.42. The summed E-state index contributed by atoms with van der Waals surface area (Å²) in [4.78, 5) is 9.91. The highest BCUT2D eigenvalue weighted by Crippen LogP contribution is 2.38. The Balaban J connectivity index is 1.76. The van der Waals surface area contributed by atoms with E-state index >= 15 is 0 Å². The first kappa shape index (κ1) is 21.3. The molecular formula is C28H27N7. The molecule has 0 aliphatic heterocycles. The molecule has 35 heavy (non-hydrogen) atoms. The van der Waals surface area contributed by atoms with Crippen molar-refractivity contribution in [2.45, 2.75) is 33.2 Å². The summed E-state index contributed by atoms with van der Waals surface area (Å²) in [5, 5.41) is 15.3. The van der Waals surface area contributed by atoms with Gasteiger partial charge in [-0.05, 0) is 18.9 Å². The number of hydrogen-bond donors (Lipinski definition) is 1. The molecule has 0 atom stereocenters. The van der Waals surface area contributed by atoms with E-state index in [2.05, 4.69) is 60.7 Å². The molecule has 0 aliphatic carbocycles. The molecule has 0 radical (unpaired) electrons. The normalized spacial score (nSPS) is 11.6. The number of rotatable bonds is 7. The third kappa shape index (κ3) is 3.51. The second-order valence-corrected chi connectivity index (χ2v) is 8.65. The lowest BCUT2D eigenvalue weighted by atomic mass is 10.0. The second kappa shape index (κ2) is 8.83. The van der Waals surface area contributed by atoms with Crippen molar-refractivity contribution in [1.29, 1.82) is 0 Å². The number of aromatic nitrogens is 6. The van der Waals surface area contributed by atoms with Gasteiger partial charge < -0.3 is 5.32 Å². The van der Waals surface area contributed by atoms with Crippen LogP contribution in [0.1, 0.15) is 26.7 Å². The van der Waals surface area contributed by atoms with Crippen molar-refractivity contribution >= 4 is 33.4 Å². The van der Waals surface area contributed by atoms with Gasteiger partial charge in [-0.2, -0.15) is 10.2 Å². The number of nitrogens with one attached hydrogen (secondary N) is 1. The summed E-state index contributed by atoms with van der Waals surface area (Å²) < 4.78 is 3.90. The maximum Gasteiger partial charge on any atom is 0.166 e. The molecule has 1 N–H and O–H groups in total. The number of hydrogen-bond acceptors (Lipinski definition) is 5. The summed E-state index contributed by atoms with van der Waals surface area (Å²) in [5.74, 6) is 0.830. The van der Waals surface area contributed by atoms with Gasteiger partial charge >= 0.3 is 0 Å². The Kier molecular flexibility index (Phi) is 5.37. The first-order chi connectivity index (χ1) is 17.3. The van der Waals surface area contributed by atoms with E-state index in [-0.39, 0.29) is 0 Å². The summed E-state index contributed by atoms with van der Waals surface area (Å²) in [6, 6.07) is 20.7. The fraction of sp³-hybridized carbons (Fsp3) is 0.214. The lowest BCUT2D eigenvalue weighted by molar-refractivity contribution is 0.677. The van der Waals surface area contributed by atoms with Crippen LogP contribution in [0.2, 0.25) is 0 Å². The van der Waals surface area contributed by atoms with E-state index < -0.39 is 0 Å². The van der Waals surface area contributed by atoms with Gasteiger partial charge in [0.1, 0.15) is 11.5 Å². The summed E-state index contributed by atoms with van der Waals surface area (Å²) in [5.41, 5.74) is 6.71. The SMILES string of the molecule is CCCCNc1nc2c(-c3ccccc3)c(-c3ccccc3)nn2c2c1cnc1c2cnn1CC. The first-order valence-corrected chi connectivity index (χ1v) is 12.2. The van der Waals surface area contributed by atoms with Gasteiger partial charge in [0, 0.05) is 24.8 Å². The Bertz CT molecular complexity index is 1630. The predicted molar refractivity (Wildman–Crippen MR) is 142 cm³/mol. The van der Waals surface area contributed by atoms with Crippen molar-refractivity contribution < 1.29 is 0 Å². The molecule has 0 unspecified atom stereocenters. The Morgan fingerprint density at radius 1 is 0.829 bits per heavy atom. The average molecular weight is 462 g/mol. The Morgan fingerprint density at radius 2 is 1.57 bits per heavy atom. The second-order valence-electron chi connectivity index (χ2n) is 8.65. The zero-order valence-corrected chi connectivity index (χ0v) is 19.9. The highest BCUT2D eigenvalue weighted by atomic mass is 15.3. The third-order valence-corrected chi connectivity index (χ3v) is 6.42. The van der Waals surface area contributed by atoms with E-state index in [1.807, 2.05) is 45.9 Å². The first-order valence-electron chi connectivity index (χ1n) is 12.2. The van der Waals surface area contributed by atoms with Gasteiger partial charge in [-0.25, -0.2) is 19.2 Å². The van der Waals surface area contributed by atoms with Crippen LogP contribution in [0.15, 0.2) is 73.1 Å². The monoisotopic (exact) mass is 461 g/mol. The van der Waals surface area contributed by atoms with Crippen LogP contribution in [0.25, 0.3) is 50.0 Å². The Labute approximate surface area is 203 Å². The van der Waals surface area contributed by atoms with Gasteiger partial charge in [0.15, 0.2) is 11.3 Å². The van der Waals surface area contributed by atoms with Crippen LogP contribution in [0.3, 0.4) is 0 Å². The molecule has 0 fully saturated rings. The molecule has 0 spiro atoms. The molecule has 4 heterocycles. The van der Waals surface area contributed by atoms with E-state index in [9.17, 15) is 0 Å². The zero-order chi connectivity index (χ0) is 23.8. The van der Waals surface area contributed by atoms with Crippen molar-refractivity contribution in [3.63, 3.8) is 0 Å². The van der Waals surface area contributed by atoms with E-state index in [1.54, 1.807) is 0 Å². The fourth-order valence-corrected chi connectivity index (χ4v) is 4.67. The smallest absolute Gasteiger partial charge is 0.166 e. The standard InChI is InChI=1S/C28H27N7/c1-3-5-16-29-26-21-17-30-27-22(18-31-34(27)4-2)25(21)35-28(32-26)23(19-12-8-6-9-13-19)24(33-35)20-14-10-7-11-15-20/h6-15,17-18H,3-5,16H2,1-2H3,(H,29,32). The topological polar surface area (TPSA) is 72.9 Å². The minimum Gasteiger partial charge on any atom is -0.369 e. The van der Waals surface area contributed by atoms with Crippen LogP contribution < -0.4 is 5.32 Å². The van der Waals surface area contributed by atoms with Gasteiger partial charge in [-0.15, -0.1) is 0 Å². The van der Waals surface area contributed by atoms with Gasteiger partial charge in [0.05, 0.1) is 28.0 Å². The molecule has 7 heteroatoms. The van der Waals surface area contributed by atoms with Gasteiger partial charge in [0.25, 0.3) is 0 Å². The predicted octanol–water partition coefficient (Wildman–Crippen LogP) is 6.19. The largest absolute Gasteiger partial charge is 0.369 e. The van der Waals surface area contributed by atoms with Crippen molar-refractivity contribution in [2.75, 3.05) is 11.9 Å². The Hall–Kier alpha value is -4.26. The van der Waals surface area contributed by atoms with E-state index in [0.29, 0.717) is 0 Å². The summed E-state index contributed by atoms with van der Waals surface area (Å²) in [7, 11) is 0. The molecule has 0 saturated heterocycles. The lowest BCUT2D eigenvalue weighted by Gasteiger charge is -2.11. The number of pyridine rings is 1.